The van der Waals surface area contributed by atoms with Gasteiger partial charge in [0.25, 0.3) is 11.5 Å². The molecule has 0 saturated carbocycles. The van der Waals surface area contributed by atoms with Crippen molar-refractivity contribution in [2.45, 2.75) is 6.92 Å². The summed E-state index contributed by atoms with van der Waals surface area (Å²) in [4.78, 5) is 30.7. The maximum absolute atomic E-state index is 13.4. The van der Waals surface area contributed by atoms with Crippen molar-refractivity contribution in [3.05, 3.63) is 70.6 Å². The Morgan fingerprint density at radius 2 is 1.62 bits per heavy atom. The predicted octanol–water partition coefficient (Wildman–Crippen LogP) is 2.78. The molecule has 1 saturated heterocycles. The summed E-state index contributed by atoms with van der Waals surface area (Å²) in [5, 5.41) is 1.24. The van der Waals surface area contributed by atoms with Gasteiger partial charge in [0.05, 0.1) is 12.7 Å². The topological polar surface area (TPSA) is 54.8 Å². The summed E-state index contributed by atoms with van der Waals surface area (Å²) in [5.74, 6) is 0.687. The smallest absolute Gasteiger partial charge is 0.262 e. The van der Waals surface area contributed by atoms with E-state index in [1.807, 2.05) is 47.4 Å². The van der Waals surface area contributed by atoms with E-state index < -0.39 is 0 Å². The average Bonchev–Trinajstić information content (AvgIpc) is 2.79. The van der Waals surface area contributed by atoms with E-state index in [9.17, 15) is 9.59 Å². The van der Waals surface area contributed by atoms with Crippen LogP contribution in [0.15, 0.2) is 59.5 Å². The molecule has 6 heteroatoms. The molecule has 0 bridgehead atoms. The summed E-state index contributed by atoms with van der Waals surface area (Å²) >= 11 is 0. The normalized spacial score (nSPS) is 14.9. The molecule has 0 atom stereocenters. The van der Waals surface area contributed by atoms with Crippen LogP contribution < -0.4 is 10.3 Å². The number of benzene rings is 2. The number of carbonyl (C=O) groups excluding carboxylic acids is 1. The van der Waals surface area contributed by atoms with Crippen molar-refractivity contribution in [1.82, 2.24) is 14.4 Å². The Bertz CT molecular complexity index is 1080. The molecular weight excluding hydrogens is 366 g/mol. The van der Waals surface area contributed by atoms with Crippen LogP contribution in [-0.2, 0) is 0 Å². The van der Waals surface area contributed by atoms with Gasteiger partial charge in [0.1, 0.15) is 5.75 Å². The van der Waals surface area contributed by atoms with Gasteiger partial charge in [-0.25, -0.2) is 0 Å². The first-order valence-electron chi connectivity index (χ1n) is 9.93. The van der Waals surface area contributed by atoms with Crippen LogP contribution in [-0.4, -0.2) is 60.1 Å². The van der Waals surface area contributed by atoms with Crippen molar-refractivity contribution in [1.29, 1.82) is 0 Å². The minimum Gasteiger partial charge on any atom is -0.497 e. The first-order chi connectivity index (χ1) is 14.1. The van der Waals surface area contributed by atoms with Crippen molar-refractivity contribution < 1.29 is 9.53 Å². The molecular formula is C23H25N3O3. The van der Waals surface area contributed by atoms with Crippen LogP contribution >= 0.6 is 0 Å². The second-order valence-electron chi connectivity index (χ2n) is 7.19. The molecule has 1 aliphatic rings. The first-order valence-corrected chi connectivity index (χ1v) is 9.93. The average molecular weight is 391 g/mol. The molecule has 4 rings (SSSR count). The third-order valence-corrected chi connectivity index (χ3v) is 5.61. The number of amides is 1. The SMILES string of the molecule is CCN1CCN(C(=O)c2cn(-c3ccc(OC)cc3)c(=O)c3ccccc23)CC1. The molecule has 0 N–H and O–H groups in total. The molecule has 2 aromatic carbocycles. The van der Waals surface area contributed by atoms with E-state index in [-0.39, 0.29) is 11.5 Å². The van der Waals surface area contributed by atoms with Crippen molar-refractivity contribution in [3.8, 4) is 11.4 Å². The zero-order valence-corrected chi connectivity index (χ0v) is 16.8. The second kappa shape index (κ2) is 8.09. The van der Waals surface area contributed by atoms with Crippen LogP contribution in [0.5, 0.6) is 5.75 Å². The number of methoxy groups -OCH3 is 1. The predicted molar refractivity (Wildman–Crippen MR) is 114 cm³/mol. The highest BCUT2D eigenvalue weighted by molar-refractivity contribution is 6.06. The van der Waals surface area contributed by atoms with Gasteiger partial charge in [-0.3, -0.25) is 14.2 Å². The number of likely N-dealkylation sites (N-methyl/N-ethyl adjacent to an activating group) is 1. The van der Waals surface area contributed by atoms with Crippen LogP contribution in [0.2, 0.25) is 0 Å². The molecule has 1 amide bonds. The van der Waals surface area contributed by atoms with Gasteiger partial charge in [0.2, 0.25) is 0 Å². The van der Waals surface area contributed by atoms with Gasteiger partial charge in [-0.2, -0.15) is 0 Å². The summed E-state index contributed by atoms with van der Waals surface area (Å²) < 4.78 is 6.77. The molecule has 2 heterocycles. The number of hydrogen-bond donors (Lipinski definition) is 0. The van der Waals surface area contributed by atoms with Crippen molar-refractivity contribution in [3.63, 3.8) is 0 Å². The highest BCUT2D eigenvalue weighted by atomic mass is 16.5. The minimum absolute atomic E-state index is 0.0285. The fourth-order valence-corrected chi connectivity index (χ4v) is 3.83. The quantitative estimate of drug-likeness (QED) is 0.686. The summed E-state index contributed by atoms with van der Waals surface area (Å²) in [5.41, 5.74) is 1.12. The lowest BCUT2D eigenvalue weighted by Gasteiger charge is -2.34. The Morgan fingerprint density at radius 3 is 2.24 bits per heavy atom. The Hall–Kier alpha value is -3.12. The summed E-state index contributed by atoms with van der Waals surface area (Å²) in [6.45, 7) is 6.27. The van der Waals surface area contributed by atoms with Gasteiger partial charge in [0, 0.05) is 48.8 Å². The van der Waals surface area contributed by atoms with Crippen molar-refractivity contribution >= 4 is 16.7 Å². The van der Waals surface area contributed by atoms with E-state index in [0.717, 1.165) is 19.6 Å². The van der Waals surface area contributed by atoms with Crippen LogP contribution in [0.3, 0.4) is 0 Å². The maximum Gasteiger partial charge on any atom is 0.262 e. The van der Waals surface area contributed by atoms with Gasteiger partial charge in [-0.1, -0.05) is 25.1 Å². The number of carbonyl (C=O) groups is 1. The molecule has 1 aliphatic heterocycles. The molecule has 0 spiro atoms. The molecule has 3 aromatic rings. The third kappa shape index (κ3) is 3.63. The molecule has 0 unspecified atom stereocenters. The number of aromatic nitrogens is 1. The van der Waals surface area contributed by atoms with E-state index in [0.29, 0.717) is 40.9 Å². The fourth-order valence-electron chi connectivity index (χ4n) is 3.83. The maximum atomic E-state index is 13.4. The van der Waals surface area contributed by atoms with Crippen LogP contribution in [0.25, 0.3) is 16.5 Å². The molecule has 1 fully saturated rings. The highest BCUT2D eigenvalue weighted by Gasteiger charge is 2.24. The lowest BCUT2D eigenvalue weighted by Crippen LogP contribution is -2.48. The van der Waals surface area contributed by atoms with Gasteiger partial charge < -0.3 is 14.5 Å². The monoisotopic (exact) mass is 391 g/mol. The van der Waals surface area contributed by atoms with Crippen LogP contribution in [0, 0.1) is 0 Å². The van der Waals surface area contributed by atoms with E-state index in [2.05, 4.69) is 11.8 Å². The number of piperazine rings is 1. The summed E-state index contributed by atoms with van der Waals surface area (Å²) in [6, 6.07) is 14.6. The number of rotatable bonds is 4. The lowest BCUT2D eigenvalue weighted by atomic mass is 10.1. The van der Waals surface area contributed by atoms with Crippen LogP contribution in [0.1, 0.15) is 17.3 Å². The largest absolute Gasteiger partial charge is 0.497 e. The Labute approximate surface area is 169 Å². The lowest BCUT2D eigenvalue weighted by molar-refractivity contribution is 0.0644. The Morgan fingerprint density at radius 1 is 0.966 bits per heavy atom. The van der Waals surface area contributed by atoms with Crippen molar-refractivity contribution in [2.75, 3.05) is 39.8 Å². The van der Waals surface area contributed by atoms with E-state index in [1.54, 1.807) is 23.9 Å². The summed E-state index contributed by atoms with van der Waals surface area (Å²) in [7, 11) is 1.60. The number of hydrogen-bond acceptors (Lipinski definition) is 4. The molecule has 29 heavy (non-hydrogen) atoms. The number of ether oxygens (including phenoxy) is 1. The third-order valence-electron chi connectivity index (χ3n) is 5.61. The number of pyridine rings is 1. The van der Waals surface area contributed by atoms with Gasteiger partial charge in [0.15, 0.2) is 0 Å². The fraction of sp³-hybridized carbons (Fsp3) is 0.304. The Kier molecular flexibility index (Phi) is 5.36. The second-order valence-corrected chi connectivity index (χ2v) is 7.19. The molecule has 0 aliphatic carbocycles. The molecule has 0 radical (unpaired) electrons. The number of fused-ring (bicyclic) bond motifs is 1. The van der Waals surface area contributed by atoms with Crippen LogP contribution in [0.4, 0.5) is 0 Å². The van der Waals surface area contributed by atoms with Gasteiger partial charge in [-0.15, -0.1) is 0 Å². The highest BCUT2D eigenvalue weighted by Crippen LogP contribution is 2.21. The van der Waals surface area contributed by atoms with E-state index >= 15 is 0 Å². The van der Waals surface area contributed by atoms with Crippen molar-refractivity contribution in [2.24, 2.45) is 0 Å². The summed E-state index contributed by atoms with van der Waals surface area (Å²) in [6.07, 6.45) is 1.68. The van der Waals surface area contributed by atoms with Gasteiger partial charge >= 0.3 is 0 Å². The van der Waals surface area contributed by atoms with E-state index in [1.165, 1.54) is 0 Å². The zero-order valence-electron chi connectivity index (χ0n) is 16.8. The molecule has 1 aromatic heterocycles. The Balaban J connectivity index is 1.80. The van der Waals surface area contributed by atoms with E-state index in [4.69, 9.17) is 4.74 Å². The minimum atomic E-state index is -0.141. The number of nitrogens with zero attached hydrogens (tertiary/aromatic N) is 3. The zero-order chi connectivity index (χ0) is 20.4. The standard InChI is InChI=1S/C23H25N3O3/c1-3-24-12-14-25(15-13-24)22(27)21-16-26(17-8-10-18(29-2)11-9-17)23(28)20-7-5-4-6-19(20)21/h4-11,16H,3,12-15H2,1-2H3. The molecule has 6 nitrogen and oxygen atoms in total. The van der Waals surface area contributed by atoms with Gasteiger partial charge in [-0.05, 0) is 36.9 Å². The first kappa shape index (κ1) is 19.2. The molecule has 150 valence electrons.